The highest BCUT2D eigenvalue weighted by atomic mass is 16.6. The number of rotatable bonds is 8. The van der Waals surface area contributed by atoms with Crippen LogP contribution >= 0.6 is 0 Å². The van der Waals surface area contributed by atoms with Gasteiger partial charge in [0.1, 0.15) is 0 Å². The predicted molar refractivity (Wildman–Crippen MR) is 84.2 cm³/mol. The van der Waals surface area contributed by atoms with E-state index in [4.69, 9.17) is 0 Å². The summed E-state index contributed by atoms with van der Waals surface area (Å²) in [6, 6.07) is 17.2. The first-order valence-electron chi connectivity index (χ1n) is 7.24. The van der Waals surface area contributed by atoms with Gasteiger partial charge < -0.3 is 5.32 Å². The molecule has 0 fully saturated rings. The van der Waals surface area contributed by atoms with E-state index < -0.39 is 0 Å². The summed E-state index contributed by atoms with van der Waals surface area (Å²) in [6.45, 7) is 1.60. The van der Waals surface area contributed by atoms with E-state index in [0.717, 1.165) is 31.4 Å². The molecular formula is C17H20N2O2. The zero-order valence-electron chi connectivity index (χ0n) is 12.0. The van der Waals surface area contributed by atoms with Gasteiger partial charge in [0, 0.05) is 18.7 Å². The Morgan fingerprint density at radius 2 is 1.71 bits per heavy atom. The van der Waals surface area contributed by atoms with E-state index in [0.29, 0.717) is 6.54 Å². The molecule has 0 radical (unpaired) electrons. The molecule has 0 aromatic heterocycles. The average molecular weight is 284 g/mol. The highest BCUT2D eigenvalue weighted by molar-refractivity contribution is 5.34. The lowest BCUT2D eigenvalue weighted by atomic mass is 10.1. The lowest BCUT2D eigenvalue weighted by Gasteiger charge is -2.05. The Balaban J connectivity index is 1.64. The Morgan fingerprint density at radius 1 is 0.952 bits per heavy atom. The van der Waals surface area contributed by atoms with Gasteiger partial charge in [-0.15, -0.1) is 0 Å². The van der Waals surface area contributed by atoms with Crippen LogP contribution in [0.3, 0.4) is 0 Å². The van der Waals surface area contributed by atoms with Gasteiger partial charge in [0.2, 0.25) is 0 Å². The van der Waals surface area contributed by atoms with Gasteiger partial charge >= 0.3 is 0 Å². The van der Waals surface area contributed by atoms with E-state index in [1.807, 2.05) is 12.1 Å². The van der Waals surface area contributed by atoms with Crippen molar-refractivity contribution in [2.24, 2.45) is 0 Å². The summed E-state index contributed by atoms with van der Waals surface area (Å²) in [5.74, 6) is 0. The van der Waals surface area contributed by atoms with Crippen LogP contribution in [0, 0.1) is 10.1 Å². The van der Waals surface area contributed by atoms with Crippen LogP contribution in [0.5, 0.6) is 0 Å². The number of nitro benzene ring substituents is 1. The van der Waals surface area contributed by atoms with Gasteiger partial charge in [-0.3, -0.25) is 10.1 Å². The van der Waals surface area contributed by atoms with Crippen molar-refractivity contribution in [3.63, 3.8) is 0 Å². The lowest BCUT2D eigenvalue weighted by molar-refractivity contribution is -0.384. The number of nitro groups is 1. The SMILES string of the molecule is O=[N+]([O-])c1cccc(CNCCCCc2ccccc2)c1. The molecule has 0 spiro atoms. The first kappa shape index (κ1) is 15.2. The molecule has 2 rings (SSSR count). The summed E-state index contributed by atoms with van der Waals surface area (Å²) >= 11 is 0. The van der Waals surface area contributed by atoms with Crippen molar-refractivity contribution in [3.05, 3.63) is 75.8 Å². The molecule has 2 aromatic carbocycles. The molecule has 0 saturated heterocycles. The number of nitrogens with zero attached hydrogens (tertiary/aromatic N) is 1. The number of aryl methyl sites for hydroxylation is 1. The molecule has 4 nitrogen and oxygen atoms in total. The van der Waals surface area contributed by atoms with Crippen molar-refractivity contribution >= 4 is 5.69 Å². The maximum absolute atomic E-state index is 10.7. The van der Waals surface area contributed by atoms with Crippen LogP contribution in [-0.4, -0.2) is 11.5 Å². The predicted octanol–water partition coefficient (Wildman–Crippen LogP) is 3.71. The van der Waals surface area contributed by atoms with Crippen LogP contribution in [0.1, 0.15) is 24.0 Å². The Hall–Kier alpha value is -2.20. The van der Waals surface area contributed by atoms with Gasteiger partial charge in [-0.25, -0.2) is 0 Å². The minimum Gasteiger partial charge on any atom is -0.313 e. The molecule has 110 valence electrons. The first-order valence-corrected chi connectivity index (χ1v) is 7.24. The topological polar surface area (TPSA) is 55.2 Å². The van der Waals surface area contributed by atoms with Crippen molar-refractivity contribution in [1.82, 2.24) is 5.32 Å². The van der Waals surface area contributed by atoms with Crippen LogP contribution in [0.15, 0.2) is 54.6 Å². The number of non-ortho nitro benzene ring substituents is 1. The van der Waals surface area contributed by atoms with Crippen molar-refractivity contribution in [2.75, 3.05) is 6.54 Å². The Kier molecular flexibility index (Phi) is 5.91. The van der Waals surface area contributed by atoms with E-state index in [-0.39, 0.29) is 10.6 Å². The third kappa shape index (κ3) is 5.36. The van der Waals surface area contributed by atoms with Gasteiger partial charge in [-0.2, -0.15) is 0 Å². The van der Waals surface area contributed by atoms with Crippen LogP contribution in [0.4, 0.5) is 5.69 Å². The molecular weight excluding hydrogens is 264 g/mol. The molecule has 0 atom stereocenters. The third-order valence-corrected chi connectivity index (χ3v) is 3.36. The van der Waals surface area contributed by atoms with E-state index in [2.05, 4.69) is 29.6 Å². The Bertz CT molecular complexity index is 570. The van der Waals surface area contributed by atoms with Crippen LogP contribution in [-0.2, 0) is 13.0 Å². The molecule has 4 heteroatoms. The molecule has 0 amide bonds. The van der Waals surface area contributed by atoms with Crippen molar-refractivity contribution in [3.8, 4) is 0 Å². The van der Waals surface area contributed by atoms with Crippen LogP contribution < -0.4 is 5.32 Å². The molecule has 0 aliphatic rings. The third-order valence-electron chi connectivity index (χ3n) is 3.36. The quantitative estimate of drug-likeness (QED) is 0.457. The lowest BCUT2D eigenvalue weighted by Crippen LogP contribution is -2.14. The summed E-state index contributed by atoms with van der Waals surface area (Å²) in [5, 5.41) is 14.0. The molecule has 0 saturated carbocycles. The summed E-state index contributed by atoms with van der Waals surface area (Å²) < 4.78 is 0. The van der Waals surface area contributed by atoms with Gasteiger partial charge in [0.15, 0.2) is 0 Å². The monoisotopic (exact) mass is 284 g/mol. The molecule has 0 bridgehead atoms. The molecule has 0 unspecified atom stereocenters. The Labute approximate surface area is 125 Å². The minimum atomic E-state index is -0.358. The van der Waals surface area contributed by atoms with E-state index in [1.165, 1.54) is 11.6 Å². The minimum absolute atomic E-state index is 0.151. The maximum atomic E-state index is 10.7. The normalized spacial score (nSPS) is 10.5. The van der Waals surface area contributed by atoms with Crippen LogP contribution in [0.2, 0.25) is 0 Å². The fourth-order valence-electron chi connectivity index (χ4n) is 2.24. The fourth-order valence-corrected chi connectivity index (χ4v) is 2.24. The summed E-state index contributed by atoms with van der Waals surface area (Å²) in [7, 11) is 0. The van der Waals surface area contributed by atoms with Crippen molar-refractivity contribution < 1.29 is 4.92 Å². The second kappa shape index (κ2) is 8.17. The maximum Gasteiger partial charge on any atom is 0.269 e. The zero-order valence-corrected chi connectivity index (χ0v) is 12.0. The summed E-state index contributed by atoms with van der Waals surface area (Å²) in [4.78, 5) is 10.3. The van der Waals surface area contributed by atoms with E-state index in [1.54, 1.807) is 12.1 Å². The molecule has 0 heterocycles. The van der Waals surface area contributed by atoms with Crippen molar-refractivity contribution in [2.45, 2.75) is 25.8 Å². The van der Waals surface area contributed by atoms with E-state index in [9.17, 15) is 10.1 Å². The Morgan fingerprint density at radius 3 is 2.48 bits per heavy atom. The number of hydrogen-bond donors (Lipinski definition) is 1. The summed E-state index contributed by atoms with van der Waals surface area (Å²) in [5.41, 5.74) is 2.47. The molecule has 2 aromatic rings. The number of benzene rings is 2. The molecule has 0 aliphatic carbocycles. The smallest absolute Gasteiger partial charge is 0.269 e. The second-order valence-corrected chi connectivity index (χ2v) is 5.05. The molecule has 21 heavy (non-hydrogen) atoms. The van der Waals surface area contributed by atoms with Gasteiger partial charge in [-0.1, -0.05) is 42.5 Å². The van der Waals surface area contributed by atoms with Crippen molar-refractivity contribution in [1.29, 1.82) is 0 Å². The van der Waals surface area contributed by atoms with E-state index >= 15 is 0 Å². The first-order chi connectivity index (χ1) is 10.3. The van der Waals surface area contributed by atoms with Gasteiger partial charge in [0.05, 0.1) is 4.92 Å². The molecule has 0 aliphatic heterocycles. The molecule has 1 N–H and O–H groups in total. The number of unbranched alkanes of at least 4 members (excludes halogenated alkanes) is 1. The largest absolute Gasteiger partial charge is 0.313 e. The highest BCUT2D eigenvalue weighted by Crippen LogP contribution is 2.12. The highest BCUT2D eigenvalue weighted by Gasteiger charge is 2.04. The summed E-state index contributed by atoms with van der Waals surface area (Å²) in [6.07, 6.45) is 3.34. The fraction of sp³-hybridized carbons (Fsp3) is 0.294. The van der Waals surface area contributed by atoms with Gasteiger partial charge in [0.25, 0.3) is 5.69 Å². The zero-order chi connectivity index (χ0) is 14.9. The van der Waals surface area contributed by atoms with Crippen LogP contribution in [0.25, 0.3) is 0 Å². The second-order valence-electron chi connectivity index (χ2n) is 5.05. The average Bonchev–Trinajstić information content (AvgIpc) is 2.52. The number of hydrogen-bond acceptors (Lipinski definition) is 3. The standard InChI is InChI=1S/C17H20N2O2/c20-19(21)17-11-6-10-16(13-17)14-18-12-5-4-9-15-7-2-1-3-8-15/h1-3,6-8,10-11,13,18H,4-5,9,12,14H2. The van der Waals surface area contributed by atoms with Gasteiger partial charge in [-0.05, 0) is 36.9 Å². The number of nitrogens with one attached hydrogen (secondary N) is 1.